The van der Waals surface area contributed by atoms with E-state index in [0.29, 0.717) is 6.04 Å². The first kappa shape index (κ1) is 14.0. The summed E-state index contributed by atoms with van der Waals surface area (Å²) >= 11 is 0. The van der Waals surface area contributed by atoms with Gasteiger partial charge in [-0.25, -0.2) is 0 Å². The number of hydrogen-bond acceptors (Lipinski definition) is 3. The van der Waals surface area contributed by atoms with Crippen molar-refractivity contribution in [2.24, 2.45) is 0 Å². The highest BCUT2D eigenvalue weighted by Gasteiger charge is 2.21. The lowest BCUT2D eigenvalue weighted by Gasteiger charge is -2.19. The number of likely N-dealkylation sites (N-methyl/N-ethyl adjacent to an activating group) is 1. The molecule has 21 heavy (non-hydrogen) atoms. The van der Waals surface area contributed by atoms with E-state index in [9.17, 15) is 0 Å². The van der Waals surface area contributed by atoms with Crippen molar-refractivity contribution < 1.29 is 9.47 Å². The Hall–Kier alpha value is -2.00. The molecule has 1 atom stereocenters. The molecule has 2 aromatic carbocycles. The third-order valence-electron chi connectivity index (χ3n) is 3.92. The molecule has 110 valence electrons. The van der Waals surface area contributed by atoms with E-state index >= 15 is 0 Å². The molecule has 3 nitrogen and oxygen atoms in total. The fourth-order valence-electron chi connectivity index (χ4n) is 2.61. The summed E-state index contributed by atoms with van der Waals surface area (Å²) in [4.78, 5) is 2.37. The van der Waals surface area contributed by atoms with Gasteiger partial charge < -0.3 is 14.4 Å². The van der Waals surface area contributed by atoms with Crippen LogP contribution in [0.4, 0.5) is 0 Å². The minimum atomic E-state index is 0.547. The molecule has 3 rings (SSSR count). The van der Waals surface area contributed by atoms with Crippen molar-refractivity contribution in [2.45, 2.75) is 18.9 Å². The van der Waals surface area contributed by atoms with E-state index in [0.717, 1.165) is 23.9 Å². The fraction of sp³-hybridized carbons (Fsp3) is 0.333. The SMILES string of the molecule is CN1CCC[C@@H]1COc1ccc(Oc2ccccc2)cc1. The van der Waals surface area contributed by atoms with Crippen LogP contribution in [0.25, 0.3) is 0 Å². The first-order chi connectivity index (χ1) is 10.3. The second kappa shape index (κ2) is 6.64. The lowest BCUT2D eigenvalue weighted by atomic mass is 10.2. The molecule has 1 aliphatic heterocycles. The minimum Gasteiger partial charge on any atom is -0.492 e. The maximum absolute atomic E-state index is 5.87. The number of ether oxygens (including phenoxy) is 2. The van der Waals surface area contributed by atoms with Crippen LogP contribution in [0.5, 0.6) is 17.2 Å². The first-order valence-electron chi connectivity index (χ1n) is 7.47. The topological polar surface area (TPSA) is 21.7 Å². The monoisotopic (exact) mass is 283 g/mol. The van der Waals surface area contributed by atoms with Crippen molar-refractivity contribution in [3.63, 3.8) is 0 Å². The smallest absolute Gasteiger partial charge is 0.127 e. The Bertz CT molecular complexity index is 553. The summed E-state index contributed by atoms with van der Waals surface area (Å²) in [6.45, 7) is 1.94. The van der Waals surface area contributed by atoms with Crippen molar-refractivity contribution in [2.75, 3.05) is 20.2 Å². The maximum atomic E-state index is 5.87. The van der Waals surface area contributed by atoms with Crippen LogP contribution in [0.2, 0.25) is 0 Å². The van der Waals surface area contributed by atoms with E-state index in [1.807, 2.05) is 54.6 Å². The van der Waals surface area contributed by atoms with Gasteiger partial charge in [0.25, 0.3) is 0 Å². The van der Waals surface area contributed by atoms with Gasteiger partial charge in [-0.15, -0.1) is 0 Å². The van der Waals surface area contributed by atoms with Crippen molar-refractivity contribution in [1.82, 2.24) is 4.90 Å². The average molecular weight is 283 g/mol. The number of nitrogens with zero attached hydrogens (tertiary/aromatic N) is 1. The standard InChI is InChI=1S/C18H21NO2/c1-19-13-5-6-15(19)14-20-16-9-11-18(12-10-16)21-17-7-3-2-4-8-17/h2-4,7-12,15H,5-6,13-14H2,1H3/t15-/m1/s1. The molecule has 0 radical (unpaired) electrons. The van der Waals surface area contributed by atoms with Crippen molar-refractivity contribution in [1.29, 1.82) is 0 Å². The Kier molecular flexibility index (Phi) is 4.41. The zero-order chi connectivity index (χ0) is 14.5. The van der Waals surface area contributed by atoms with Crippen LogP contribution in [0.1, 0.15) is 12.8 Å². The van der Waals surface area contributed by atoms with Gasteiger partial charge in [-0.1, -0.05) is 18.2 Å². The molecule has 0 bridgehead atoms. The fourth-order valence-corrected chi connectivity index (χ4v) is 2.61. The number of para-hydroxylation sites is 1. The Morgan fingerprint density at radius 2 is 1.62 bits per heavy atom. The minimum absolute atomic E-state index is 0.547. The first-order valence-corrected chi connectivity index (χ1v) is 7.47. The zero-order valence-corrected chi connectivity index (χ0v) is 12.4. The van der Waals surface area contributed by atoms with E-state index in [1.54, 1.807) is 0 Å². The van der Waals surface area contributed by atoms with Crippen molar-refractivity contribution in [3.8, 4) is 17.2 Å². The molecule has 0 amide bonds. The van der Waals surface area contributed by atoms with E-state index in [2.05, 4.69) is 11.9 Å². The van der Waals surface area contributed by atoms with E-state index in [4.69, 9.17) is 9.47 Å². The highest BCUT2D eigenvalue weighted by Crippen LogP contribution is 2.24. The molecule has 3 heteroatoms. The normalized spacial score (nSPS) is 18.6. The maximum Gasteiger partial charge on any atom is 0.127 e. The molecule has 1 aliphatic rings. The van der Waals surface area contributed by atoms with E-state index in [-0.39, 0.29) is 0 Å². The van der Waals surface area contributed by atoms with Gasteiger partial charge in [0.1, 0.15) is 23.9 Å². The molecule has 0 spiro atoms. The van der Waals surface area contributed by atoms with Crippen molar-refractivity contribution >= 4 is 0 Å². The van der Waals surface area contributed by atoms with Gasteiger partial charge in [0, 0.05) is 6.04 Å². The van der Waals surface area contributed by atoms with Gasteiger partial charge in [0.05, 0.1) is 0 Å². The summed E-state index contributed by atoms with van der Waals surface area (Å²) in [5.74, 6) is 2.57. The third kappa shape index (κ3) is 3.76. The summed E-state index contributed by atoms with van der Waals surface area (Å²) in [5.41, 5.74) is 0. The van der Waals surface area contributed by atoms with Crippen molar-refractivity contribution in [3.05, 3.63) is 54.6 Å². The Balaban J connectivity index is 1.54. The van der Waals surface area contributed by atoms with Gasteiger partial charge in [-0.2, -0.15) is 0 Å². The molecule has 0 N–H and O–H groups in total. The summed E-state index contributed by atoms with van der Waals surface area (Å²) in [7, 11) is 2.16. The quantitative estimate of drug-likeness (QED) is 0.829. The summed E-state index contributed by atoms with van der Waals surface area (Å²) in [6, 6.07) is 18.2. The van der Waals surface area contributed by atoms with Crippen LogP contribution >= 0.6 is 0 Å². The predicted molar refractivity (Wildman–Crippen MR) is 84.1 cm³/mol. The van der Waals surface area contributed by atoms with E-state index < -0.39 is 0 Å². The second-order valence-electron chi connectivity index (χ2n) is 5.47. The summed E-state index contributed by atoms with van der Waals surface area (Å²) < 4.78 is 11.6. The Morgan fingerprint density at radius 3 is 2.29 bits per heavy atom. The molecule has 2 aromatic rings. The van der Waals surface area contributed by atoms with Crippen LogP contribution in [-0.2, 0) is 0 Å². The molecule has 0 unspecified atom stereocenters. The lowest BCUT2D eigenvalue weighted by molar-refractivity contribution is 0.198. The van der Waals surface area contributed by atoms with Crippen LogP contribution in [-0.4, -0.2) is 31.1 Å². The van der Waals surface area contributed by atoms with Crippen LogP contribution in [0.3, 0.4) is 0 Å². The van der Waals surface area contributed by atoms with Crippen LogP contribution < -0.4 is 9.47 Å². The Labute approximate surface area is 126 Å². The molecule has 1 heterocycles. The number of benzene rings is 2. The van der Waals surface area contributed by atoms with Gasteiger partial charge in [-0.3, -0.25) is 0 Å². The van der Waals surface area contributed by atoms with Gasteiger partial charge in [0.15, 0.2) is 0 Å². The van der Waals surface area contributed by atoms with Gasteiger partial charge in [-0.05, 0) is 62.8 Å². The second-order valence-corrected chi connectivity index (χ2v) is 5.47. The van der Waals surface area contributed by atoms with Gasteiger partial charge in [0.2, 0.25) is 0 Å². The summed E-state index contributed by atoms with van der Waals surface area (Å²) in [6.07, 6.45) is 2.50. The number of hydrogen-bond donors (Lipinski definition) is 0. The number of likely N-dealkylation sites (tertiary alicyclic amines) is 1. The summed E-state index contributed by atoms with van der Waals surface area (Å²) in [5, 5.41) is 0. The average Bonchev–Trinajstić information content (AvgIpc) is 2.93. The molecule has 0 aliphatic carbocycles. The highest BCUT2D eigenvalue weighted by molar-refractivity contribution is 5.35. The highest BCUT2D eigenvalue weighted by atomic mass is 16.5. The third-order valence-corrected chi connectivity index (χ3v) is 3.92. The molecular weight excluding hydrogens is 262 g/mol. The lowest BCUT2D eigenvalue weighted by Crippen LogP contribution is -2.30. The largest absolute Gasteiger partial charge is 0.492 e. The van der Waals surface area contributed by atoms with Gasteiger partial charge >= 0.3 is 0 Å². The molecule has 1 saturated heterocycles. The predicted octanol–water partition coefficient (Wildman–Crippen LogP) is 3.95. The Morgan fingerprint density at radius 1 is 0.952 bits per heavy atom. The molecular formula is C18H21NO2. The zero-order valence-electron chi connectivity index (χ0n) is 12.4. The molecule has 0 aromatic heterocycles. The molecule has 1 fully saturated rings. The van der Waals surface area contributed by atoms with Crippen LogP contribution in [0.15, 0.2) is 54.6 Å². The molecule has 0 saturated carbocycles. The van der Waals surface area contributed by atoms with Crippen LogP contribution in [0, 0.1) is 0 Å². The number of rotatable bonds is 5. The van der Waals surface area contributed by atoms with E-state index in [1.165, 1.54) is 19.4 Å².